The number of rotatable bonds is 5. The molecule has 5 heteroatoms. The third-order valence-corrected chi connectivity index (χ3v) is 5.81. The molecule has 0 aliphatic carbocycles. The van der Waals surface area contributed by atoms with Crippen molar-refractivity contribution in [2.24, 2.45) is 0 Å². The largest absolute Gasteiger partial charge is 1.00 e. The van der Waals surface area contributed by atoms with Crippen LogP contribution in [0, 0.1) is 5.82 Å². The molecule has 0 saturated carbocycles. The van der Waals surface area contributed by atoms with Gasteiger partial charge in [-0.25, -0.2) is 4.39 Å². The Morgan fingerprint density at radius 2 is 1.79 bits per heavy atom. The van der Waals surface area contributed by atoms with Gasteiger partial charge in [-0.05, 0) is 30.7 Å². The summed E-state index contributed by atoms with van der Waals surface area (Å²) in [6.07, 6.45) is 6.91. The lowest BCUT2D eigenvalue weighted by molar-refractivity contribution is -0.922. The van der Waals surface area contributed by atoms with Crippen LogP contribution in [0.3, 0.4) is 0 Å². The van der Waals surface area contributed by atoms with E-state index in [4.69, 9.17) is 0 Å². The van der Waals surface area contributed by atoms with E-state index in [2.05, 4.69) is 18.9 Å². The lowest BCUT2D eigenvalue weighted by Crippen LogP contribution is -3.15. The maximum absolute atomic E-state index is 13.1. The van der Waals surface area contributed by atoms with Crippen molar-refractivity contribution in [2.45, 2.75) is 63.6 Å². The van der Waals surface area contributed by atoms with Gasteiger partial charge < -0.3 is 22.2 Å². The summed E-state index contributed by atoms with van der Waals surface area (Å²) in [7, 11) is 2.30. The predicted molar refractivity (Wildman–Crippen MR) is 89.1 cm³/mol. The molecular formula is C19H28ClFN2O. The number of nitrogens with zero attached hydrogens (tertiary/aromatic N) is 1. The minimum Gasteiger partial charge on any atom is -1.00 e. The number of hydrogen-bond acceptors (Lipinski definition) is 1. The lowest BCUT2D eigenvalue weighted by atomic mass is 9.95. The number of hydrogen-bond donors (Lipinski definition) is 1. The summed E-state index contributed by atoms with van der Waals surface area (Å²) in [5.41, 5.74) is 0.612. The molecule has 0 spiro atoms. The molecule has 2 unspecified atom stereocenters. The van der Waals surface area contributed by atoms with Gasteiger partial charge in [-0.2, -0.15) is 0 Å². The minimum absolute atomic E-state index is 0. The maximum Gasteiger partial charge on any atom is 0.254 e. The van der Waals surface area contributed by atoms with E-state index < -0.39 is 0 Å². The van der Waals surface area contributed by atoms with Gasteiger partial charge in [0.1, 0.15) is 5.82 Å². The van der Waals surface area contributed by atoms with Gasteiger partial charge in [-0.1, -0.05) is 13.3 Å². The van der Waals surface area contributed by atoms with Crippen LogP contribution in [-0.2, 0) is 0 Å². The standard InChI is InChI=1S/C19H27FN2O.ClH/c1-3-4-11-22(19(23)14-5-7-15(20)8-6-14)18-12-16-9-10-17(13-18)21(16)2;/h5-8,16-18H,3-4,9-13H2,1-2H3;1H. The van der Waals surface area contributed by atoms with Gasteiger partial charge in [0, 0.05) is 43.8 Å². The number of quaternary nitrogens is 1. The van der Waals surface area contributed by atoms with Crippen molar-refractivity contribution in [1.29, 1.82) is 0 Å². The molecule has 2 atom stereocenters. The molecule has 1 aromatic carbocycles. The quantitative estimate of drug-likeness (QED) is 0.741. The number of nitrogens with one attached hydrogen (secondary N) is 1. The Balaban J connectivity index is 0.00000208. The highest BCUT2D eigenvalue weighted by atomic mass is 35.5. The van der Waals surface area contributed by atoms with E-state index in [0.717, 1.165) is 32.2 Å². The van der Waals surface area contributed by atoms with Crippen LogP contribution in [0.4, 0.5) is 4.39 Å². The molecule has 0 aromatic heterocycles. The summed E-state index contributed by atoms with van der Waals surface area (Å²) in [6.45, 7) is 2.97. The molecule has 2 aliphatic heterocycles. The molecule has 2 fully saturated rings. The second-order valence-corrected chi connectivity index (χ2v) is 7.20. The van der Waals surface area contributed by atoms with Crippen molar-refractivity contribution in [1.82, 2.24) is 4.90 Å². The molecule has 2 bridgehead atoms. The van der Waals surface area contributed by atoms with Gasteiger partial charge in [0.15, 0.2) is 0 Å². The van der Waals surface area contributed by atoms with Crippen LogP contribution < -0.4 is 17.3 Å². The average molecular weight is 355 g/mol. The van der Waals surface area contributed by atoms with E-state index in [-0.39, 0.29) is 24.1 Å². The summed E-state index contributed by atoms with van der Waals surface area (Å²) in [5, 5.41) is 0. The van der Waals surface area contributed by atoms with E-state index >= 15 is 0 Å². The van der Waals surface area contributed by atoms with Crippen LogP contribution in [0.1, 0.15) is 55.8 Å². The Kier molecular flexibility index (Phi) is 6.64. The van der Waals surface area contributed by atoms with Crippen molar-refractivity contribution in [3.63, 3.8) is 0 Å². The summed E-state index contributed by atoms with van der Waals surface area (Å²) >= 11 is 0. The highest BCUT2D eigenvalue weighted by Gasteiger charge is 2.44. The van der Waals surface area contributed by atoms with E-state index in [0.29, 0.717) is 23.7 Å². The molecule has 2 saturated heterocycles. The smallest absolute Gasteiger partial charge is 0.254 e. The minimum atomic E-state index is -0.289. The zero-order chi connectivity index (χ0) is 16.4. The average Bonchev–Trinajstić information content (AvgIpc) is 2.76. The molecule has 3 rings (SSSR count). The molecule has 2 aliphatic rings. The molecule has 3 nitrogen and oxygen atoms in total. The van der Waals surface area contributed by atoms with Crippen molar-refractivity contribution >= 4 is 5.91 Å². The van der Waals surface area contributed by atoms with Crippen LogP contribution in [-0.4, -0.2) is 42.5 Å². The van der Waals surface area contributed by atoms with Crippen LogP contribution >= 0.6 is 0 Å². The molecule has 1 aromatic rings. The fraction of sp³-hybridized carbons (Fsp3) is 0.632. The maximum atomic E-state index is 13.1. The highest BCUT2D eigenvalue weighted by Crippen LogP contribution is 2.27. The van der Waals surface area contributed by atoms with Gasteiger partial charge in [-0.3, -0.25) is 4.79 Å². The molecular weight excluding hydrogens is 327 g/mol. The fourth-order valence-corrected chi connectivity index (χ4v) is 4.34. The molecule has 24 heavy (non-hydrogen) atoms. The summed E-state index contributed by atoms with van der Waals surface area (Å²) in [5.74, 6) is -0.218. The molecule has 1 amide bonds. The number of halogens is 2. The highest BCUT2D eigenvalue weighted by molar-refractivity contribution is 5.94. The van der Waals surface area contributed by atoms with E-state index in [1.54, 1.807) is 17.0 Å². The Labute approximate surface area is 150 Å². The second-order valence-electron chi connectivity index (χ2n) is 7.20. The third kappa shape index (κ3) is 3.92. The van der Waals surface area contributed by atoms with E-state index in [1.165, 1.54) is 25.0 Å². The Morgan fingerprint density at radius 3 is 2.33 bits per heavy atom. The van der Waals surface area contributed by atoms with E-state index in [9.17, 15) is 9.18 Å². The number of carbonyl (C=O) groups is 1. The summed E-state index contributed by atoms with van der Waals surface area (Å²) in [6, 6.07) is 7.74. The van der Waals surface area contributed by atoms with Gasteiger partial charge in [-0.15, -0.1) is 0 Å². The first-order valence-electron chi connectivity index (χ1n) is 9.00. The lowest BCUT2D eigenvalue weighted by Gasteiger charge is -2.40. The predicted octanol–water partition coefficient (Wildman–Crippen LogP) is -0.720. The van der Waals surface area contributed by atoms with Crippen LogP contribution in [0.15, 0.2) is 24.3 Å². The van der Waals surface area contributed by atoms with Crippen molar-refractivity contribution in [3.05, 3.63) is 35.6 Å². The number of fused-ring (bicyclic) bond motifs is 2. The van der Waals surface area contributed by atoms with Crippen molar-refractivity contribution in [2.75, 3.05) is 13.6 Å². The monoisotopic (exact) mass is 354 g/mol. The molecule has 0 radical (unpaired) electrons. The fourth-order valence-electron chi connectivity index (χ4n) is 4.34. The van der Waals surface area contributed by atoms with Gasteiger partial charge in [0.2, 0.25) is 0 Å². The second kappa shape index (κ2) is 8.30. The SMILES string of the molecule is CCCCN(C(=O)c1ccc(F)cc1)C1CC2CCC(C1)[NH+]2C.[Cl-]. The zero-order valence-electron chi connectivity index (χ0n) is 14.6. The normalized spacial score (nSPS) is 28.3. The van der Waals surface area contributed by atoms with E-state index in [1.807, 2.05) is 0 Å². The van der Waals surface area contributed by atoms with Crippen LogP contribution in [0.25, 0.3) is 0 Å². The number of carbonyl (C=O) groups excluding carboxylic acids is 1. The van der Waals surface area contributed by atoms with Crippen LogP contribution in [0.2, 0.25) is 0 Å². The Bertz CT molecular complexity index is 537. The summed E-state index contributed by atoms with van der Waals surface area (Å²) < 4.78 is 13.1. The molecule has 134 valence electrons. The first kappa shape index (κ1) is 19.2. The zero-order valence-corrected chi connectivity index (χ0v) is 15.4. The first-order valence-corrected chi connectivity index (χ1v) is 9.00. The Hall–Kier alpha value is -1.13. The number of amides is 1. The molecule has 2 heterocycles. The van der Waals surface area contributed by atoms with Crippen molar-refractivity contribution in [3.8, 4) is 0 Å². The first-order chi connectivity index (χ1) is 11.1. The number of piperidine rings is 1. The number of benzene rings is 1. The van der Waals surface area contributed by atoms with Gasteiger partial charge >= 0.3 is 0 Å². The van der Waals surface area contributed by atoms with Gasteiger partial charge in [0.05, 0.1) is 19.1 Å². The van der Waals surface area contributed by atoms with Crippen molar-refractivity contribution < 1.29 is 26.5 Å². The third-order valence-electron chi connectivity index (χ3n) is 5.81. The topological polar surface area (TPSA) is 24.8 Å². The molecule has 1 N–H and O–H groups in total. The van der Waals surface area contributed by atoms with Gasteiger partial charge in [0.25, 0.3) is 5.91 Å². The summed E-state index contributed by atoms with van der Waals surface area (Å²) in [4.78, 5) is 16.7. The number of unbranched alkanes of at least 4 members (excludes halogenated alkanes) is 1. The Morgan fingerprint density at radius 1 is 1.21 bits per heavy atom. The van der Waals surface area contributed by atoms with Crippen LogP contribution in [0.5, 0.6) is 0 Å².